The van der Waals surface area contributed by atoms with Crippen molar-refractivity contribution in [2.75, 3.05) is 19.6 Å². The van der Waals surface area contributed by atoms with Crippen LogP contribution in [0, 0.1) is 11.7 Å². The van der Waals surface area contributed by atoms with Gasteiger partial charge in [-0.3, -0.25) is 9.69 Å². The van der Waals surface area contributed by atoms with Gasteiger partial charge < -0.3 is 4.90 Å². The maximum Gasteiger partial charge on any atom is 0.274 e. The Balaban J connectivity index is 1.39. The summed E-state index contributed by atoms with van der Waals surface area (Å²) in [6.07, 6.45) is 5.78. The zero-order chi connectivity index (χ0) is 19.5. The molecule has 1 amide bonds. The molecule has 0 unspecified atom stereocenters. The Morgan fingerprint density at radius 3 is 2.66 bits per heavy atom. The highest BCUT2D eigenvalue weighted by Gasteiger charge is 2.54. The van der Waals surface area contributed by atoms with Crippen LogP contribution < -0.4 is 0 Å². The minimum atomic E-state index is -0.223. The minimum Gasteiger partial charge on any atom is -0.332 e. The number of hydrogen-bond acceptors (Lipinski definition) is 4. The van der Waals surface area contributed by atoms with Crippen molar-refractivity contribution in [3.8, 4) is 0 Å². The Kier molecular flexibility index (Phi) is 3.74. The lowest BCUT2D eigenvalue weighted by Crippen LogP contribution is -2.60. The summed E-state index contributed by atoms with van der Waals surface area (Å²) in [4.78, 5) is 22.4. The Hall–Kier alpha value is -2.80. The van der Waals surface area contributed by atoms with Gasteiger partial charge in [-0.25, -0.2) is 13.9 Å². The Morgan fingerprint density at radius 2 is 1.90 bits per heavy atom. The SMILES string of the molecule is O=C(c1cc2ncccn2n1)N1C[C@@H](c2ccc(F)cc2)[C@@H]2[C@H]1C1CCN2CC1. The van der Waals surface area contributed by atoms with E-state index in [1.807, 2.05) is 23.2 Å². The highest BCUT2D eigenvalue weighted by atomic mass is 19.1. The van der Waals surface area contributed by atoms with E-state index in [4.69, 9.17) is 0 Å². The lowest BCUT2D eigenvalue weighted by molar-refractivity contribution is -0.00359. The third kappa shape index (κ3) is 2.60. The van der Waals surface area contributed by atoms with Gasteiger partial charge in [-0.2, -0.15) is 5.10 Å². The molecule has 0 aliphatic carbocycles. The summed E-state index contributed by atoms with van der Waals surface area (Å²) in [7, 11) is 0. The standard InChI is InChI=1S/C22H22FN5O/c23-16-4-2-14(3-5-16)17-13-27(20-15-6-10-26(11-7-15)21(17)20)22(29)18-12-19-24-8-1-9-28(19)25-18/h1-5,8-9,12,15,17,20-21H,6-7,10-11,13H2/t17-,20+,21+/m0/s1. The Morgan fingerprint density at radius 1 is 1.10 bits per heavy atom. The number of amides is 1. The zero-order valence-corrected chi connectivity index (χ0v) is 16.0. The van der Waals surface area contributed by atoms with Crippen LogP contribution in [0.3, 0.4) is 0 Å². The first-order valence-corrected chi connectivity index (χ1v) is 10.3. The van der Waals surface area contributed by atoms with E-state index in [2.05, 4.69) is 15.0 Å². The molecule has 1 aromatic carbocycles. The van der Waals surface area contributed by atoms with Gasteiger partial charge in [0.05, 0.1) is 6.04 Å². The molecule has 29 heavy (non-hydrogen) atoms. The summed E-state index contributed by atoms with van der Waals surface area (Å²) in [5.41, 5.74) is 2.23. The molecule has 2 aromatic heterocycles. The number of carbonyl (C=O) groups is 1. The van der Waals surface area contributed by atoms with Crippen molar-refractivity contribution in [2.24, 2.45) is 5.92 Å². The van der Waals surface area contributed by atoms with Crippen molar-refractivity contribution >= 4 is 11.6 Å². The molecule has 4 fully saturated rings. The van der Waals surface area contributed by atoms with Gasteiger partial charge in [0.2, 0.25) is 0 Å². The first-order chi connectivity index (χ1) is 14.2. The molecule has 0 spiro atoms. The van der Waals surface area contributed by atoms with Crippen molar-refractivity contribution < 1.29 is 9.18 Å². The van der Waals surface area contributed by atoms with Crippen LogP contribution in [0.1, 0.15) is 34.8 Å². The molecule has 0 N–H and O–H groups in total. The predicted molar refractivity (Wildman–Crippen MR) is 105 cm³/mol. The number of halogens is 1. The van der Waals surface area contributed by atoms with Crippen LogP contribution in [0.5, 0.6) is 0 Å². The van der Waals surface area contributed by atoms with Crippen molar-refractivity contribution in [2.45, 2.75) is 30.8 Å². The summed E-state index contributed by atoms with van der Waals surface area (Å²) in [6.45, 7) is 2.82. The van der Waals surface area contributed by atoms with Crippen LogP contribution in [-0.2, 0) is 0 Å². The number of piperidine rings is 3. The lowest BCUT2D eigenvalue weighted by atomic mass is 9.75. The fourth-order valence-electron chi connectivity index (χ4n) is 5.74. The third-order valence-corrected chi connectivity index (χ3v) is 7.01. The molecule has 4 saturated heterocycles. The van der Waals surface area contributed by atoms with Gasteiger partial charge in [0.1, 0.15) is 5.82 Å². The highest BCUT2D eigenvalue weighted by Crippen LogP contribution is 2.46. The van der Waals surface area contributed by atoms with Crippen molar-refractivity contribution in [1.29, 1.82) is 0 Å². The number of likely N-dealkylation sites (tertiary alicyclic amines) is 1. The van der Waals surface area contributed by atoms with E-state index in [9.17, 15) is 9.18 Å². The number of fused-ring (bicyclic) bond motifs is 3. The first-order valence-electron chi connectivity index (χ1n) is 10.3. The monoisotopic (exact) mass is 391 g/mol. The van der Waals surface area contributed by atoms with E-state index < -0.39 is 0 Å². The second-order valence-electron chi connectivity index (χ2n) is 8.42. The molecule has 7 rings (SSSR count). The number of aromatic nitrogens is 3. The highest BCUT2D eigenvalue weighted by molar-refractivity contribution is 5.94. The molecule has 148 valence electrons. The van der Waals surface area contributed by atoms with Crippen molar-refractivity contribution in [3.05, 3.63) is 65.9 Å². The summed E-state index contributed by atoms with van der Waals surface area (Å²) in [5.74, 6) is 0.472. The van der Waals surface area contributed by atoms with E-state index >= 15 is 0 Å². The summed E-state index contributed by atoms with van der Waals surface area (Å²) < 4.78 is 15.1. The van der Waals surface area contributed by atoms with Crippen LogP contribution in [0.4, 0.5) is 4.39 Å². The molecule has 6 heterocycles. The topological polar surface area (TPSA) is 53.7 Å². The van der Waals surface area contributed by atoms with Crippen LogP contribution in [0.25, 0.3) is 5.65 Å². The maximum atomic E-state index is 13.5. The molecule has 4 aliphatic heterocycles. The molecule has 3 atom stereocenters. The average molecular weight is 391 g/mol. The van der Waals surface area contributed by atoms with Gasteiger partial charge in [-0.15, -0.1) is 0 Å². The van der Waals surface area contributed by atoms with Gasteiger partial charge in [-0.1, -0.05) is 12.1 Å². The second kappa shape index (κ2) is 6.35. The normalized spacial score (nSPS) is 30.7. The van der Waals surface area contributed by atoms with Crippen LogP contribution in [-0.4, -0.2) is 62.0 Å². The van der Waals surface area contributed by atoms with Crippen molar-refractivity contribution in [1.82, 2.24) is 24.4 Å². The number of nitrogens with zero attached hydrogens (tertiary/aromatic N) is 5. The van der Waals surface area contributed by atoms with Gasteiger partial charge in [0.15, 0.2) is 11.3 Å². The van der Waals surface area contributed by atoms with Gasteiger partial charge in [0.25, 0.3) is 5.91 Å². The zero-order valence-electron chi connectivity index (χ0n) is 16.0. The van der Waals surface area contributed by atoms with Crippen molar-refractivity contribution in [3.63, 3.8) is 0 Å². The van der Waals surface area contributed by atoms with Gasteiger partial charge in [-0.05, 0) is 55.6 Å². The summed E-state index contributed by atoms with van der Waals surface area (Å²) >= 11 is 0. The second-order valence-corrected chi connectivity index (χ2v) is 8.42. The molecule has 4 aliphatic rings. The van der Waals surface area contributed by atoms with Gasteiger partial charge >= 0.3 is 0 Å². The average Bonchev–Trinajstić information content (AvgIpc) is 3.38. The molecular weight excluding hydrogens is 369 g/mol. The molecule has 7 heteroatoms. The smallest absolute Gasteiger partial charge is 0.274 e. The quantitative estimate of drug-likeness (QED) is 0.674. The third-order valence-electron chi connectivity index (χ3n) is 7.01. The van der Waals surface area contributed by atoms with Crippen LogP contribution in [0.2, 0.25) is 0 Å². The number of benzene rings is 1. The summed E-state index contributed by atoms with van der Waals surface area (Å²) in [6, 6.07) is 10.9. The van der Waals surface area contributed by atoms with E-state index in [-0.39, 0.29) is 23.7 Å². The van der Waals surface area contributed by atoms with Gasteiger partial charge in [0, 0.05) is 37.0 Å². The molecule has 2 bridgehead atoms. The number of rotatable bonds is 2. The molecule has 0 saturated carbocycles. The van der Waals surface area contributed by atoms with Crippen LogP contribution in [0.15, 0.2) is 48.8 Å². The molecule has 0 radical (unpaired) electrons. The Labute approximate surface area is 167 Å². The fraction of sp³-hybridized carbons (Fsp3) is 0.409. The van der Waals surface area contributed by atoms with E-state index in [0.29, 0.717) is 29.8 Å². The molecule has 3 aromatic rings. The largest absolute Gasteiger partial charge is 0.332 e. The lowest BCUT2D eigenvalue weighted by Gasteiger charge is -2.51. The first kappa shape index (κ1) is 17.1. The minimum absolute atomic E-state index is 0.0242. The van der Waals surface area contributed by atoms with E-state index in [1.165, 1.54) is 12.1 Å². The molecular formula is C22H22FN5O. The van der Waals surface area contributed by atoms with E-state index in [1.54, 1.807) is 22.8 Å². The van der Waals surface area contributed by atoms with Crippen LogP contribution >= 0.6 is 0 Å². The molecule has 6 nitrogen and oxygen atoms in total. The summed E-state index contributed by atoms with van der Waals surface area (Å²) in [5, 5.41) is 4.47. The number of hydrogen-bond donors (Lipinski definition) is 0. The number of carbonyl (C=O) groups excluding carboxylic acids is 1. The Bertz CT molecular complexity index is 1040. The fourth-order valence-corrected chi connectivity index (χ4v) is 5.74. The van der Waals surface area contributed by atoms with E-state index in [0.717, 1.165) is 31.5 Å². The maximum absolute atomic E-state index is 13.5. The predicted octanol–water partition coefficient (Wildman–Crippen LogP) is 2.57.